The van der Waals surface area contributed by atoms with Crippen LogP contribution in [0.5, 0.6) is 0 Å². The lowest BCUT2D eigenvalue weighted by Gasteiger charge is -2.57. The van der Waals surface area contributed by atoms with E-state index >= 15 is 0 Å². The van der Waals surface area contributed by atoms with E-state index in [9.17, 15) is 15.3 Å². The van der Waals surface area contributed by atoms with Crippen molar-refractivity contribution in [1.29, 1.82) is 0 Å². The van der Waals surface area contributed by atoms with Crippen molar-refractivity contribution < 1.29 is 24.9 Å². The largest absolute Gasteiger partial charge is 0.394 e. The van der Waals surface area contributed by atoms with Crippen LogP contribution in [0.2, 0.25) is 0 Å². The van der Waals surface area contributed by atoms with E-state index in [-0.39, 0.29) is 0 Å². The summed E-state index contributed by atoms with van der Waals surface area (Å²) in [4.78, 5) is 18.8. The molecule has 10 nitrogen and oxygen atoms in total. The Morgan fingerprint density at radius 2 is 1.77 bits per heavy atom. The van der Waals surface area contributed by atoms with Gasteiger partial charge in [0.15, 0.2) is 11.3 Å². The van der Waals surface area contributed by atoms with Crippen LogP contribution in [0, 0.1) is 23.2 Å². The van der Waals surface area contributed by atoms with Gasteiger partial charge in [-0.25, -0.2) is 15.0 Å². The fourth-order valence-electron chi connectivity index (χ4n) is 6.86. The number of anilines is 1. The molecule has 0 aromatic carbocycles. The molecule has 2 aromatic heterocycles. The maximum absolute atomic E-state index is 10.1. The molecule has 5 aliphatic rings. The van der Waals surface area contributed by atoms with Crippen molar-refractivity contribution in [3.8, 4) is 0 Å². The van der Waals surface area contributed by atoms with Crippen LogP contribution in [0.1, 0.15) is 38.5 Å². The number of hydrogen-bond acceptors (Lipinski definition) is 9. The van der Waals surface area contributed by atoms with Crippen LogP contribution >= 0.6 is 0 Å². The van der Waals surface area contributed by atoms with Gasteiger partial charge in [0.25, 0.3) is 6.29 Å². The fourth-order valence-corrected chi connectivity index (χ4v) is 6.86. The minimum Gasteiger partial charge on any atom is -0.394 e. The number of hydrogen-bond donors (Lipinski definition) is 4. The lowest BCUT2D eigenvalue weighted by atomic mass is 9.49. The molecule has 168 valence electrons. The lowest BCUT2D eigenvalue weighted by molar-refractivity contribution is -0.169. The summed E-state index contributed by atoms with van der Waals surface area (Å²) in [7, 11) is 0. The Morgan fingerprint density at radius 1 is 1.06 bits per heavy atom. The number of rotatable bonds is 6. The van der Waals surface area contributed by atoms with Crippen LogP contribution in [-0.2, 0) is 4.74 Å². The average molecular weight is 431 g/mol. The summed E-state index contributed by atoms with van der Waals surface area (Å²) in [5.74, 6) is 3.34. The zero-order chi connectivity index (χ0) is 21.2. The molecule has 5 fully saturated rings. The van der Waals surface area contributed by atoms with Crippen molar-refractivity contribution in [2.45, 2.75) is 63.1 Å². The minimum atomic E-state index is -1.29. The second-order valence-corrected chi connectivity index (χ2v) is 10.0. The molecule has 0 spiro atoms. The van der Waals surface area contributed by atoms with Crippen molar-refractivity contribution >= 4 is 17.0 Å². The molecule has 4 atom stereocenters. The van der Waals surface area contributed by atoms with Crippen molar-refractivity contribution in [2.24, 2.45) is 23.2 Å². The summed E-state index contributed by atoms with van der Waals surface area (Å²) in [6.45, 7) is 0.481. The van der Waals surface area contributed by atoms with Gasteiger partial charge in [-0.05, 0) is 61.7 Å². The predicted molar refractivity (Wildman–Crippen MR) is 109 cm³/mol. The van der Waals surface area contributed by atoms with Gasteiger partial charge in [-0.15, -0.1) is 4.73 Å². The number of fused-ring (bicyclic) bond motifs is 1. The van der Waals surface area contributed by atoms with Gasteiger partial charge in [-0.3, -0.25) is 0 Å². The SMILES string of the molecule is OC[C@H]1O[C@H](On2cnc3c(NCC45CC6CC(CC(C6)C4)C5)ncnc32)[C@H](O)[C@@H]1O. The Morgan fingerprint density at radius 3 is 2.42 bits per heavy atom. The number of aliphatic hydroxyl groups is 3. The number of ether oxygens (including phenoxy) is 1. The van der Waals surface area contributed by atoms with Crippen LogP contribution in [0.15, 0.2) is 12.7 Å². The molecule has 7 rings (SSSR count). The molecule has 4 saturated carbocycles. The number of nitrogens with zero attached hydrogens (tertiary/aromatic N) is 4. The van der Waals surface area contributed by atoms with E-state index in [1.54, 1.807) is 0 Å². The second-order valence-electron chi connectivity index (χ2n) is 10.0. The summed E-state index contributed by atoms with van der Waals surface area (Å²) in [6, 6.07) is 0. The zero-order valence-electron chi connectivity index (χ0n) is 17.3. The molecule has 4 N–H and O–H groups in total. The second kappa shape index (κ2) is 7.26. The quantitative estimate of drug-likeness (QED) is 0.510. The maximum Gasteiger partial charge on any atom is 0.254 e. The number of imidazole rings is 1. The van der Waals surface area contributed by atoms with Gasteiger partial charge in [0.1, 0.15) is 31.0 Å². The third-order valence-corrected chi connectivity index (χ3v) is 7.82. The first-order valence-corrected chi connectivity index (χ1v) is 11.2. The summed E-state index contributed by atoms with van der Waals surface area (Å²) in [6.07, 6.45) is 6.54. The van der Waals surface area contributed by atoms with Crippen molar-refractivity contribution in [1.82, 2.24) is 19.7 Å². The Hall–Kier alpha value is -2.01. The number of aromatic nitrogens is 4. The summed E-state index contributed by atoms with van der Waals surface area (Å²) >= 11 is 0. The van der Waals surface area contributed by atoms with Gasteiger partial charge in [-0.2, -0.15) is 0 Å². The molecule has 4 bridgehead atoms. The van der Waals surface area contributed by atoms with Crippen molar-refractivity contribution in [2.75, 3.05) is 18.5 Å². The predicted octanol–water partition coefficient (Wildman–Crippen LogP) is 0.322. The third-order valence-electron chi connectivity index (χ3n) is 7.82. The highest BCUT2D eigenvalue weighted by Crippen LogP contribution is 2.59. The van der Waals surface area contributed by atoms with E-state index in [1.807, 2.05) is 0 Å². The molecule has 31 heavy (non-hydrogen) atoms. The van der Waals surface area contributed by atoms with Gasteiger partial charge in [-0.1, -0.05) is 0 Å². The zero-order valence-corrected chi connectivity index (χ0v) is 17.3. The van der Waals surface area contributed by atoms with Crippen LogP contribution in [0.3, 0.4) is 0 Å². The summed E-state index contributed by atoms with van der Waals surface area (Å²) in [5, 5.41) is 32.9. The van der Waals surface area contributed by atoms with E-state index < -0.39 is 31.2 Å². The normalized spacial score (nSPS) is 41.2. The van der Waals surface area contributed by atoms with Gasteiger partial charge in [0.05, 0.1) is 6.61 Å². The van der Waals surface area contributed by atoms with Crippen molar-refractivity contribution in [3.05, 3.63) is 12.7 Å². The topological polar surface area (TPSA) is 135 Å². The molecule has 0 unspecified atom stereocenters. The summed E-state index contributed by atoms with van der Waals surface area (Å²) < 4.78 is 6.71. The van der Waals surface area contributed by atoms with Crippen LogP contribution in [0.25, 0.3) is 11.2 Å². The average Bonchev–Trinajstić information content (AvgIpc) is 3.28. The highest BCUT2D eigenvalue weighted by atomic mass is 16.8. The molecule has 1 aliphatic heterocycles. The molecule has 1 saturated heterocycles. The Labute approximate surface area is 179 Å². The highest BCUT2D eigenvalue weighted by molar-refractivity contribution is 5.82. The van der Waals surface area contributed by atoms with E-state index in [0.29, 0.717) is 22.4 Å². The first-order valence-electron chi connectivity index (χ1n) is 11.2. The molecular weight excluding hydrogens is 402 g/mol. The van der Waals surface area contributed by atoms with Gasteiger partial charge >= 0.3 is 0 Å². The molecule has 2 aromatic rings. The highest BCUT2D eigenvalue weighted by Gasteiger charge is 2.50. The molecule has 0 amide bonds. The monoisotopic (exact) mass is 431 g/mol. The van der Waals surface area contributed by atoms with Crippen LogP contribution in [-0.4, -0.2) is 72.8 Å². The van der Waals surface area contributed by atoms with E-state index in [1.165, 1.54) is 55.9 Å². The maximum atomic E-state index is 10.1. The third kappa shape index (κ3) is 3.27. The Bertz CT molecular complexity index is 931. The molecule has 10 heteroatoms. The summed E-state index contributed by atoms with van der Waals surface area (Å²) in [5.41, 5.74) is 1.39. The lowest BCUT2D eigenvalue weighted by Crippen LogP contribution is -2.49. The molecular formula is C21H29N5O5. The van der Waals surface area contributed by atoms with E-state index in [0.717, 1.165) is 24.3 Å². The Balaban J connectivity index is 1.19. The van der Waals surface area contributed by atoms with Gasteiger partial charge < -0.3 is 30.2 Å². The van der Waals surface area contributed by atoms with E-state index in [4.69, 9.17) is 9.57 Å². The molecule has 3 heterocycles. The first-order chi connectivity index (χ1) is 15.0. The molecule has 4 aliphatic carbocycles. The smallest absolute Gasteiger partial charge is 0.254 e. The van der Waals surface area contributed by atoms with Crippen LogP contribution < -0.4 is 10.2 Å². The van der Waals surface area contributed by atoms with Gasteiger partial charge in [0, 0.05) is 6.54 Å². The van der Waals surface area contributed by atoms with E-state index in [2.05, 4.69) is 20.3 Å². The molecule has 0 radical (unpaired) electrons. The Kier molecular flexibility index (Phi) is 4.60. The van der Waals surface area contributed by atoms with Gasteiger partial charge in [0.2, 0.25) is 5.65 Å². The minimum absolute atomic E-state index is 0.363. The first kappa shape index (κ1) is 19.7. The standard InChI is InChI=1S/C21H29N5O5/c27-7-14-16(28)17(29)20(30-14)31-26-10-25-15-18(23-9-24-19(15)26)22-8-21-4-11-1-12(5-21)3-13(2-11)6-21/h9-14,16-17,20,27-29H,1-8H2,(H,22,23,24)/t11?,12?,13?,14-,16-,17-,20-,21?/m1/s1. The van der Waals surface area contributed by atoms with Crippen molar-refractivity contribution in [3.63, 3.8) is 0 Å². The number of nitrogens with one attached hydrogen (secondary N) is 1. The van der Waals surface area contributed by atoms with Crippen LogP contribution in [0.4, 0.5) is 5.82 Å². The fraction of sp³-hybridized carbons (Fsp3) is 0.762. The number of aliphatic hydroxyl groups excluding tert-OH is 3.